The van der Waals surface area contributed by atoms with Gasteiger partial charge in [-0.25, -0.2) is 15.0 Å². The molecule has 4 heteroatoms. The van der Waals surface area contributed by atoms with Crippen LogP contribution in [0.25, 0.3) is 111 Å². The first-order valence-corrected chi connectivity index (χ1v) is 19.2. The number of fused-ring (bicyclic) bond motifs is 7. The van der Waals surface area contributed by atoms with Crippen LogP contribution in [-0.4, -0.2) is 15.0 Å². The van der Waals surface area contributed by atoms with Crippen LogP contribution in [0, 0.1) is 0 Å². The van der Waals surface area contributed by atoms with Gasteiger partial charge in [0.05, 0.1) is 22.6 Å². The van der Waals surface area contributed by atoms with E-state index in [1.807, 2.05) is 30.3 Å². The van der Waals surface area contributed by atoms with Crippen LogP contribution >= 0.6 is 0 Å². The predicted molar refractivity (Wildman–Crippen MR) is 235 cm³/mol. The fourth-order valence-electron chi connectivity index (χ4n) is 8.12. The summed E-state index contributed by atoms with van der Waals surface area (Å²) in [4.78, 5) is 16.2. The molecule has 0 radical (unpaired) electrons. The summed E-state index contributed by atoms with van der Waals surface area (Å²) in [6, 6.07) is 69.6. The smallest absolute Gasteiger partial charge is 0.162 e. The molecule has 0 spiro atoms. The van der Waals surface area contributed by atoms with E-state index in [0.29, 0.717) is 5.82 Å². The molecule has 3 heterocycles. The zero-order chi connectivity index (χ0) is 37.7. The Hall–Kier alpha value is -7.69. The third kappa shape index (κ3) is 5.74. The molecule has 0 N–H and O–H groups in total. The maximum Gasteiger partial charge on any atom is 0.162 e. The third-order valence-electron chi connectivity index (χ3n) is 10.9. The summed E-state index contributed by atoms with van der Waals surface area (Å²) < 4.78 is 6.43. The molecular weight excluding hydrogens is 695 g/mol. The van der Waals surface area contributed by atoms with Crippen LogP contribution < -0.4 is 0 Å². The van der Waals surface area contributed by atoms with Crippen molar-refractivity contribution in [3.05, 3.63) is 200 Å². The van der Waals surface area contributed by atoms with Gasteiger partial charge in [0.1, 0.15) is 11.2 Å². The number of nitrogens with zero attached hydrogens (tertiary/aromatic N) is 3. The highest BCUT2D eigenvalue weighted by Crippen LogP contribution is 2.43. The van der Waals surface area contributed by atoms with E-state index >= 15 is 0 Å². The van der Waals surface area contributed by atoms with Gasteiger partial charge in [0, 0.05) is 49.2 Å². The van der Waals surface area contributed by atoms with Gasteiger partial charge < -0.3 is 4.42 Å². The number of rotatable bonds is 6. The molecule has 266 valence electrons. The summed E-state index contributed by atoms with van der Waals surface area (Å²) in [6.07, 6.45) is 0. The highest BCUT2D eigenvalue weighted by molar-refractivity contribution is 6.29. The van der Waals surface area contributed by atoms with Crippen LogP contribution in [0.2, 0.25) is 0 Å². The number of hydrogen-bond donors (Lipinski definition) is 0. The summed E-state index contributed by atoms with van der Waals surface area (Å²) in [7, 11) is 0. The lowest BCUT2D eigenvalue weighted by Crippen LogP contribution is -1.98. The van der Waals surface area contributed by atoms with Gasteiger partial charge in [0.15, 0.2) is 5.82 Å². The predicted octanol–water partition coefficient (Wildman–Crippen LogP) is 14.1. The third-order valence-corrected chi connectivity index (χ3v) is 10.9. The largest absolute Gasteiger partial charge is 0.456 e. The minimum atomic E-state index is 0.613. The van der Waals surface area contributed by atoms with Gasteiger partial charge in [-0.15, -0.1) is 0 Å². The van der Waals surface area contributed by atoms with E-state index < -0.39 is 0 Å². The van der Waals surface area contributed by atoms with Gasteiger partial charge in [-0.2, -0.15) is 0 Å². The van der Waals surface area contributed by atoms with Gasteiger partial charge in [-0.1, -0.05) is 170 Å². The van der Waals surface area contributed by atoms with Crippen LogP contribution in [0.1, 0.15) is 0 Å². The van der Waals surface area contributed by atoms with Crippen molar-refractivity contribution in [3.8, 4) is 67.4 Å². The van der Waals surface area contributed by atoms with Crippen molar-refractivity contribution in [1.82, 2.24) is 15.0 Å². The standard InChI is InChI=1S/C53H33N3O/c1-4-13-34(14-5-1)36-23-27-38(28-24-36)45-33-46(39-29-25-37(26-30-39)35-15-6-2-7-16-35)55-53(54-45)44-21-12-20-42-49-43(51(56-52(42)44)40-17-8-3-9-18-40)31-32-48-50(49)41-19-10-11-22-47(41)57-48/h1-33H. The quantitative estimate of drug-likeness (QED) is 0.160. The maximum absolute atomic E-state index is 6.43. The lowest BCUT2D eigenvalue weighted by atomic mass is 9.94. The fraction of sp³-hybridized carbons (Fsp3) is 0. The second-order valence-electron chi connectivity index (χ2n) is 14.3. The van der Waals surface area contributed by atoms with E-state index in [-0.39, 0.29) is 0 Å². The Morgan fingerprint density at radius 1 is 0.316 bits per heavy atom. The van der Waals surface area contributed by atoms with Crippen LogP contribution in [0.3, 0.4) is 0 Å². The molecule has 0 atom stereocenters. The molecule has 11 rings (SSSR count). The Labute approximate surface area is 329 Å². The molecule has 0 fully saturated rings. The molecule has 0 amide bonds. The Morgan fingerprint density at radius 2 is 0.825 bits per heavy atom. The molecular formula is C53H33N3O. The van der Waals surface area contributed by atoms with Gasteiger partial charge in [-0.3, -0.25) is 0 Å². The highest BCUT2D eigenvalue weighted by Gasteiger charge is 2.21. The highest BCUT2D eigenvalue weighted by atomic mass is 16.3. The molecule has 0 saturated heterocycles. The minimum absolute atomic E-state index is 0.613. The molecule has 57 heavy (non-hydrogen) atoms. The zero-order valence-corrected chi connectivity index (χ0v) is 30.8. The van der Waals surface area contributed by atoms with Crippen LogP contribution in [0.15, 0.2) is 205 Å². The summed E-state index contributed by atoms with van der Waals surface area (Å²) in [5, 5.41) is 5.35. The lowest BCUT2D eigenvalue weighted by Gasteiger charge is -2.15. The Morgan fingerprint density at radius 3 is 1.44 bits per heavy atom. The number of furan rings is 1. The van der Waals surface area contributed by atoms with Crippen LogP contribution in [0.4, 0.5) is 0 Å². The summed E-state index contributed by atoms with van der Waals surface area (Å²) in [5.41, 5.74) is 13.7. The second kappa shape index (κ2) is 13.6. The number of hydrogen-bond acceptors (Lipinski definition) is 4. The van der Waals surface area contributed by atoms with Crippen LogP contribution in [-0.2, 0) is 0 Å². The molecule has 4 nitrogen and oxygen atoms in total. The van der Waals surface area contributed by atoms with Crippen LogP contribution in [0.5, 0.6) is 0 Å². The number of para-hydroxylation sites is 2. The van der Waals surface area contributed by atoms with Gasteiger partial charge in [0.25, 0.3) is 0 Å². The molecule has 0 bridgehead atoms. The number of benzene rings is 8. The molecule has 0 unspecified atom stereocenters. The van der Waals surface area contributed by atoms with Gasteiger partial charge >= 0.3 is 0 Å². The number of pyridine rings is 1. The minimum Gasteiger partial charge on any atom is -0.456 e. The average molecular weight is 728 g/mol. The van der Waals surface area contributed by atoms with Crippen molar-refractivity contribution < 1.29 is 4.42 Å². The summed E-state index contributed by atoms with van der Waals surface area (Å²) >= 11 is 0. The molecule has 0 aliphatic carbocycles. The van der Waals surface area contributed by atoms with Crippen molar-refractivity contribution in [1.29, 1.82) is 0 Å². The molecule has 0 aliphatic rings. The van der Waals surface area contributed by atoms with Crippen molar-refractivity contribution in [2.24, 2.45) is 0 Å². The van der Waals surface area contributed by atoms with Crippen molar-refractivity contribution in [3.63, 3.8) is 0 Å². The Kier molecular flexibility index (Phi) is 7.78. The topological polar surface area (TPSA) is 51.8 Å². The lowest BCUT2D eigenvalue weighted by molar-refractivity contribution is 0.669. The fourth-order valence-corrected chi connectivity index (χ4v) is 8.12. The average Bonchev–Trinajstić information content (AvgIpc) is 3.68. The normalized spacial score (nSPS) is 11.5. The Bertz CT molecular complexity index is 3150. The molecule has 8 aromatic carbocycles. The summed E-state index contributed by atoms with van der Waals surface area (Å²) in [6.45, 7) is 0. The first kappa shape index (κ1) is 32.7. The molecule has 0 aliphatic heterocycles. The van der Waals surface area contributed by atoms with E-state index in [2.05, 4.69) is 170 Å². The van der Waals surface area contributed by atoms with E-state index in [1.54, 1.807) is 0 Å². The van der Waals surface area contributed by atoms with E-state index in [1.165, 1.54) is 11.1 Å². The SMILES string of the molecule is c1ccc(-c2ccc(-c3cc(-c4ccc(-c5ccccc5)cc4)nc(-c4cccc5c4nc(-c4ccccc4)c4ccc6oc7ccccc7c6c45)n3)cc2)cc1. The molecule has 11 aromatic rings. The number of aromatic nitrogens is 3. The van der Waals surface area contributed by atoms with Gasteiger partial charge in [-0.05, 0) is 52.6 Å². The van der Waals surface area contributed by atoms with Crippen molar-refractivity contribution >= 4 is 43.6 Å². The summed E-state index contributed by atoms with van der Waals surface area (Å²) in [5.74, 6) is 0.613. The molecule has 3 aromatic heterocycles. The van der Waals surface area contributed by atoms with Crippen molar-refractivity contribution in [2.45, 2.75) is 0 Å². The maximum atomic E-state index is 6.43. The monoisotopic (exact) mass is 727 g/mol. The van der Waals surface area contributed by atoms with Gasteiger partial charge in [0.2, 0.25) is 0 Å². The Balaban J connectivity index is 1.16. The van der Waals surface area contributed by atoms with E-state index in [0.717, 1.165) is 94.1 Å². The second-order valence-corrected chi connectivity index (χ2v) is 14.3. The van der Waals surface area contributed by atoms with Crippen molar-refractivity contribution in [2.75, 3.05) is 0 Å². The first-order valence-electron chi connectivity index (χ1n) is 19.2. The molecule has 0 saturated carbocycles. The van der Waals surface area contributed by atoms with E-state index in [4.69, 9.17) is 19.4 Å². The van der Waals surface area contributed by atoms with E-state index in [9.17, 15) is 0 Å². The first-order chi connectivity index (χ1) is 28.2. The zero-order valence-electron chi connectivity index (χ0n) is 30.8.